The number of carboxylic acid groups (broad SMARTS) is 1. The van der Waals surface area contributed by atoms with Gasteiger partial charge in [0.15, 0.2) is 0 Å². The van der Waals surface area contributed by atoms with Crippen LogP contribution in [0.5, 0.6) is 5.75 Å². The van der Waals surface area contributed by atoms with Gasteiger partial charge in [-0.05, 0) is 52.2 Å². The van der Waals surface area contributed by atoms with Gasteiger partial charge < -0.3 is 24.5 Å². The quantitative estimate of drug-likeness (QED) is 0.812. The first-order valence-corrected chi connectivity index (χ1v) is 7.68. The van der Waals surface area contributed by atoms with E-state index in [0.29, 0.717) is 5.75 Å². The van der Waals surface area contributed by atoms with Crippen LogP contribution in [0.1, 0.15) is 34.6 Å². The highest BCUT2D eigenvalue weighted by Crippen LogP contribution is 2.36. The number of hydrogen-bond donors (Lipinski definition) is 2. The molecule has 1 fully saturated rings. The number of benzene rings is 1. The summed E-state index contributed by atoms with van der Waals surface area (Å²) in [4.78, 5) is 10.6. The van der Waals surface area contributed by atoms with Crippen molar-refractivity contribution in [3.63, 3.8) is 0 Å². The molecule has 1 saturated heterocycles. The Balaban J connectivity index is 2.02. The van der Waals surface area contributed by atoms with Crippen molar-refractivity contribution in [3.05, 3.63) is 24.3 Å². The fourth-order valence-corrected chi connectivity index (χ4v) is 2.20. The SMILES string of the molecule is C[C@H](COc1cccc(B2OC(C)(C)C(C)(C)O2)c1)NC(=O)O. The highest BCUT2D eigenvalue weighted by atomic mass is 16.7. The molecule has 0 bridgehead atoms. The Hall–Kier alpha value is -1.73. The molecule has 7 heteroatoms. The molecule has 6 nitrogen and oxygen atoms in total. The van der Waals surface area contributed by atoms with Gasteiger partial charge in [-0.3, -0.25) is 0 Å². The van der Waals surface area contributed by atoms with Gasteiger partial charge in [-0.1, -0.05) is 12.1 Å². The van der Waals surface area contributed by atoms with Crippen molar-refractivity contribution in [1.82, 2.24) is 5.32 Å². The average Bonchev–Trinajstić information content (AvgIpc) is 2.65. The normalized spacial score (nSPS) is 20.1. The molecule has 1 aliphatic rings. The highest BCUT2D eigenvalue weighted by Gasteiger charge is 2.51. The lowest BCUT2D eigenvalue weighted by molar-refractivity contribution is 0.00578. The van der Waals surface area contributed by atoms with Crippen molar-refractivity contribution < 1.29 is 23.9 Å². The Bertz CT molecular complexity index is 559. The van der Waals surface area contributed by atoms with Crippen LogP contribution >= 0.6 is 0 Å². The summed E-state index contributed by atoms with van der Waals surface area (Å²) in [6, 6.07) is 7.17. The smallest absolute Gasteiger partial charge is 0.491 e. The van der Waals surface area contributed by atoms with Gasteiger partial charge in [-0.2, -0.15) is 0 Å². The largest absolute Gasteiger partial charge is 0.494 e. The summed E-state index contributed by atoms with van der Waals surface area (Å²) in [5.41, 5.74) is 0.0862. The van der Waals surface area contributed by atoms with E-state index in [1.54, 1.807) is 6.92 Å². The summed E-state index contributed by atoms with van der Waals surface area (Å²) in [7, 11) is -0.446. The third-order valence-electron chi connectivity index (χ3n) is 4.25. The Labute approximate surface area is 137 Å². The molecule has 1 atom stereocenters. The van der Waals surface area contributed by atoms with E-state index in [1.807, 2.05) is 52.0 Å². The summed E-state index contributed by atoms with van der Waals surface area (Å²) in [5, 5.41) is 11.0. The fourth-order valence-electron chi connectivity index (χ4n) is 2.20. The van der Waals surface area contributed by atoms with Gasteiger partial charge in [0.1, 0.15) is 12.4 Å². The molecule has 1 heterocycles. The summed E-state index contributed by atoms with van der Waals surface area (Å²) in [6.07, 6.45) is -1.06. The van der Waals surface area contributed by atoms with Gasteiger partial charge in [0.25, 0.3) is 0 Å². The second kappa shape index (κ2) is 6.41. The first-order valence-electron chi connectivity index (χ1n) is 7.68. The average molecular weight is 321 g/mol. The number of rotatable bonds is 5. The minimum absolute atomic E-state index is 0.249. The van der Waals surface area contributed by atoms with E-state index in [4.69, 9.17) is 19.2 Å². The monoisotopic (exact) mass is 321 g/mol. The number of hydrogen-bond acceptors (Lipinski definition) is 4. The van der Waals surface area contributed by atoms with Crippen molar-refractivity contribution >= 4 is 18.7 Å². The van der Waals surface area contributed by atoms with Gasteiger partial charge in [-0.15, -0.1) is 0 Å². The standard InChI is InChI=1S/C16H24BNO5/c1-11(18-14(19)20)10-21-13-8-6-7-12(9-13)17-22-15(2,3)16(4,5)23-17/h6-9,11,18H,10H2,1-5H3,(H,19,20)/t11-/m1/s1. The van der Waals surface area contributed by atoms with Crippen molar-refractivity contribution in [3.8, 4) is 5.75 Å². The molecule has 0 saturated carbocycles. The zero-order valence-electron chi connectivity index (χ0n) is 14.3. The molecule has 1 amide bonds. The number of carbonyl (C=O) groups is 1. The predicted molar refractivity (Wildman–Crippen MR) is 88.3 cm³/mol. The van der Waals surface area contributed by atoms with Gasteiger partial charge in [0.2, 0.25) is 0 Å². The maximum absolute atomic E-state index is 10.6. The predicted octanol–water partition coefficient (Wildman–Crippen LogP) is 2.02. The van der Waals surface area contributed by atoms with E-state index in [-0.39, 0.29) is 12.6 Å². The molecule has 0 aromatic heterocycles. The van der Waals surface area contributed by atoms with E-state index >= 15 is 0 Å². The van der Waals surface area contributed by atoms with Crippen LogP contribution in [0, 0.1) is 0 Å². The molecule has 0 unspecified atom stereocenters. The summed E-state index contributed by atoms with van der Waals surface area (Å²) < 4.78 is 17.7. The minimum atomic E-state index is -1.06. The Morgan fingerprint density at radius 1 is 1.30 bits per heavy atom. The Morgan fingerprint density at radius 2 is 1.91 bits per heavy atom. The summed E-state index contributed by atoms with van der Waals surface area (Å²) in [6.45, 7) is 10.0. The Morgan fingerprint density at radius 3 is 2.48 bits per heavy atom. The van der Waals surface area contributed by atoms with Crippen LogP contribution in [0.2, 0.25) is 0 Å². The third kappa shape index (κ3) is 4.17. The molecule has 0 spiro atoms. The summed E-state index contributed by atoms with van der Waals surface area (Å²) >= 11 is 0. The second-order valence-corrected chi connectivity index (χ2v) is 6.82. The lowest BCUT2D eigenvalue weighted by Crippen LogP contribution is -2.41. The van der Waals surface area contributed by atoms with Gasteiger partial charge in [-0.25, -0.2) is 4.79 Å². The van der Waals surface area contributed by atoms with Crippen molar-refractivity contribution in [2.75, 3.05) is 6.61 Å². The number of nitrogens with one attached hydrogen (secondary N) is 1. The van der Waals surface area contributed by atoms with Crippen molar-refractivity contribution in [1.29, 1.82) is 0 Å². The van der Waals surface area contributed by atoms with E-state index in [9.17, 15) is 4.79 Å². The summed E-state index contributed by atoms with van der Waals surface area (Å²) in [5.74, 6) is 0.649. The van der Waals surface area contributed by atoms with Gasteiger partial charge in [0, 0.05) is 0 Å². The number of amides is 1. The van der Waals surface area contributed by atoms with Crippen molar-refractivity contribution in [2.45, 2.75) is 51.9 Å². The van der Waals surface area contributed by atoms with Crippen LogP contribution in [0.25, 0.3) is 0 Å². The molecular weight excluding hydrogens is 297 g/mol. The zero-order chi connectivity index (χ0) is 17.3. The minimum Gasteiger partial charge on any atom is -0.491 e. The Kier molecular flexibility index (Phi) is 4.91. The molecule has 1 aromatic rings. The number of ether oxygens (including phenoxy) is 1. The lowest BCUT2D eigenvalue weighted by atomic mass is 9.79. The fraction of sp³-hybridized carbons (Fsp3) is 0.562. The third-order valence-corrected chi connectivity index (χ3v) is 4.25. The van der Waals surface area contributed by atoms with Crippen LogP contribution in [0.3, 0.4) is 0 Å². The van der Waals surface area contributed by atoms with Gasteiger partial charge in [0.05, 0.1) is 17.2 Å². The molecule has 126 valence electrons. The van der Waals surface area contributed by atoms with Gasteiger partial charge >= 0.3 is 13.2 Å². The topological polar surface area (TPSA) is 77.0 Å². The van der Waals surface area contributed by atoms with Crippen LogP contribution in [0.4, 0.5) is 4.79 Å². The zero-order valence-corrected chi connectivity index (χ0v) is 14.3. The molecule has 1 aliphatic heterocycles. The molecule has 0 aliphatic carbocycles. The first-order chi connectivity index (χ1) is 10.6. The van der Waals surface area contributed by atoms with E-state index in [0.717, 1.165) is 5.46 Å². The lowest BCUT2D eigenvalue weighted by Gasteiger charge is -2.32. The highest BCUT2D eigenvalue weighted by molar-refractivity contribution is 6.62. The van der Waals surface area contributed by atoms with E-state index < -0.39 is 24.4 Å². The van der Waals surface area contributed by atoms with Crippen LogP contribution in [0.15, 0.2) is 24.3 Å². The van der Waals surface area contributed by atoms with Crippen LogP contribution in [-0.4, -0.2) is 42.2 Å². The molecule has 2 rings (SSSR count). The first kappa shape index (κ1) is 17.6. The van der Waals surface area contributed by atoms with E-state index in [1.165, 1.54) is 0 Å². The maximum Gasteiger partial charge on any atom is 0.494 e. The van der Waals surface area contributed by atoms with Crippen LogP contribution < -0.4 is 15.5 Å². The van der Waals surface area contributed by atoms with Crippen molar-refractivity contribution in [2.24, 2.45) is 0 Å². The molecule has 2 N–H and O–H groups in total. The van der Waals surface area contributed by atoms with E-state index in [2.05, 4.69) is 5.32 Å². The molecular formula is C16H24BNO5. The molecule has 1 aromatic carbocycles. The van der Waals surface area contributed by atoms with Crippen LogP contribution in [-0.2, 0) is 9.31 Å². The maximum atomic E-state index is 10.6. The molecule has 0 radical (unpaired) electrons. The second-order valence-electron chi connectivity index (χ2n) is 6.82. The molecule has 23 heavy (non-hydrogen) atoms.